The fourth-order valence-electron chi connectivity index (χ4n) is 3.86. The molecule has 162 valence electrons. The minimum Gasteiger partial charge on any atom is -0.457 e. The van der Waals surface area contributed by atoms with Crippen molar-refractivity contribution in [2.45, 2.75) is 38.6 Å². The molecule has 1 atom stereocenters. The molecule has 4 rings (SSSR count). The van der Waals surface area contributed by atoms with Crippen molar-refractivity contribution in [3.8, 4) is 22.1 Å². The van der Waals surface area contributed by atoms with Gasteiger partial charge in [-0.2, -0.15) is 0 Å². The van der Waals surface area contributed by atoms with Crippen molar-refractivity contribution in [2.24, 2.45) is 0 Å². The number of rotatable bonds is 8. The highest BCUT2D eigenvalue weighted by Gasteiger charge is 2.17. The second-order valence-electron chi connectivity index (χ2n) is 7.96. The summed E-state index contributed by atoms with van der Waals surface area (Å²) in [5, 5.41) is 3.87. The molecule has 2 aromatic carbocycles. The Hall–Kier alpha value is -2.70. The molecule has 0 aliphatic carbocycles. The fourth-order valence-corrected chi connectivity index (χ4v) is 4.70. The Labute approximate surface area is 188 Å². The number of amides is 1. The van der Waals surface area contributed by atoms with Gasteiger partial charge in [-0.1, -0.05) is 24.6 Å². The lowest BCUT2D eigenvalue weighted by molar-refractivity contribution is 0.0952. The van der Waals surface area contributed by atoms with E-state index < -0.39 is 0 Å². The van der Waals surface area contributed by atoms with E-state index in [4.69, 9.17) is 4.74 Å². The largest absolute Gasteiger partial charge is 0.457 e. The van der Waals surface area contributed by atoms with Gasteiger partial charge in [0.1, 0.15) is 21.4 Å². The van der Waals surface area contributed by atoms with E-state index in [9.17, 15) is 4.79 Å². The van der Waals surface area contributed by atoms with Crippen LogP contribution in [0.1, 0.15) is 42.3 Å². The maximum absolute atomic E-state index is 12.5. The Bertz CT molecular complexity index is 972. The van der Waals surface area contributed by atoms with E-state index in [0.29, 0.717) is 17.5 Å². The number of nitrogens with one attached hydrogen (secondary N) is 1. The third-order valence-electron chi connectivity index (χ3n) is 5.66. The third kappa shape index (κ3) is 5.93. The molecule has 6 heteroatoms. The Morgan fingerprint density at radius 1 is 1.13 bits per heavy atom. The van der Waals surface area contributed by atoms with Crippen LogP contribution in [-0.4, -0.2) is 41.5 Å². The average molecular weight is 436 g/mol. The zero-order chi connectivity index (χ0) is 21.5. The molecule has 0 bridgehead atoms. The molecule has 1 saturated heterocycles. The molecule has 31 heavy (non-hydrogen) atoms. The Kier molecular flexibility index (Phi) is 7.33. The molecular weight excluding hydrogens is 406 g/mol. The van der Waals surface area contributed by atoms with Crippen molar-refractivity contribution < 1.29 is 9.53 Å². The zero-order valence-corrected chi connectivity index (χ0v) is 18.7. The second-order valence-corrected chi connectivity index (χ2v) is 8.99. The second kappa shape index (κ2) is 10.6. The minimum absolute atomic E-state index is 0.0422. The predicted molar refractivity (Wildman–Crippen MR) is 126 cm³/mol. The molecule has 0 spiro atoms. The van der Waals surface area contributed by atoms with E-state index in [-0.39, 0.29) is 5.91 Å². The maximum atomic E-state index is 12.5. The van der Waals surface area contributed by atoms with Gasteiger partial charge in [-0.3, -0.25) is 4.79 Å². The first kappa shape index (κ1) is 21.5. The molecule has 1 amide bonds. The summed E-state index contributed by atoms with van der Waals surface area (Å²) in [7, 11) is 0. The van der Waals surface area contributed by atoms with Crippen molar-refractivity contribution in [2.75, 3.05) is 19.6 Å². The number of carbonyl (C=O) groups is 1. The van der Waals surface area contributed by atoms with E-state index in [0.717, 1.165) is 35.0 Å². The summed E-state index contributed by atoms with van der Waals surface area (Å²) >= 11 is 1.42. The van der Waals surface area contributed by atoms with Crippen molar-refractivity contribution in [1.82, 2.24) is 15.2 Å². The Morgan fingerprint density at radius 2 is 1.90 bits per heavy atom. The van der Waals surface area contributed by atoms with Crippen LogP contribution in [-0.2, 0) is 0 Å². The van der Waals surface area contributed by atoms with Gasteiger partial charge in [0.2, 0.25) is 0 Å². The number of para-hydroxylation sites is 1. The van der Waals surface area contributed by atoms with Gasteiger partial charge in [-0.15, -0.1) is 11.3 Å². The van der Waals surface area contributed by atoms with Gasteiger partial charge < -0.3 is 15.0 Å². The minimum atomic E-state index is -0.0422. The molecule has 1 N–H and O–H groups in total. The van der Waals surface area contributed by atoms with Crippen LogP contribution in [0.15, 0.2) is 60.8 Å². The summed E-state index contributed by atoms with van der Waals surface area (Å²) in [4.78, 5) is 20.1. The van der Waals surface area contributed by atoms with Crippen LogP contribution in [0.4, 0.5) is 0 Å². The molecule has 1 aliphatic heterocycles. The normalized spacial score (nSPS) is 16.7. The number of carbonyl (C=O) groups excluding carboxylic acids is 1. The first-order chi connectivity index (χ1) is 15.2. The van der Waals surface area contributed by atoms with E-state index in [1.54, 1.807) is 6.20 Å². The maximum Gasteiger partial charge on any atom is 0.263 e. The summed E-state index contributed by atoms with van der Waals surface area (Å²) in [6.07, 6.45) is 6.56. The quantitative estimate of drug-likeness (QED) is 0.468. The van der Waals surface area contributed by atoms with Crippen LogP contribution in [0, 0.1) is 0 Å². The number of ether oxygens (including phenoxy) is 1. The molecule has 1 aromatic heterocycles. The molecule has 1 fully saturated rings. The summed E-state index contributed by atoms with van der Waals surface area (Å²) in [5.74, 6) is 1.53. The summed E-state index contributed by atoms with van der Waals surface area (Å²) in [5.41, 5.74) is 0.976. The summed E-state index contributed by atoms with van der Waals surface area (Å²) in [6, 6.07) is 18.1. The molecule has 1 aliphatic rings. The van der Waals surface area contributed by atoms with Crippen molar-refractivity contribution in [3.05, 3.63) is 65.7 Å². The van der Waals surface area contributed by atoms with Crippen LogP contribution in [0.25, 0.3) is 10.6 Å². The number of hydrogen-bond acceptors (Lipinski definition) is 5. The lowest BCUT2D eigenvalue weighted by Gasteiger charge is -2.33. The van der Waals surface area contributed by atoms with Gasteiger partial charge >= 0.3 is 0 Å². The van der Waals surface area contributed by atoms with Gasteiger partial charge in [0.25, 0.3) is 5.91 Å². The molecule has 3 aromatic rings. The topological polar surface area (TPSA) is 54.5 Å². The van der Waals surface area contributed by atoms with Gasteiger partial charge in [-0.25, -0.2) is 4.98 Å². The first-order valence-corrected chi connectivity index (χ1v) is 11.8. The fraction of sp³-hybridized carbons (Fsp3) is 0.360. The average Bonchev–Trinajstić information content (AvgIpc) is 3.29. The molecule has 1 unspecified atom stereocenters. The lowest BCUT2D eigenvalue weighted by Crippen LogP contribution is -2.39. The van der Waals surface area contributed by atoms with E-state index in [1.807, 2.05) is 54.6 Å². The molecule has 2 heterocycles. The van der Waals surface area contributed by atoms with Gasteiger partial charge in [0, 0.05) is 24.7 Å². The van der Waals surface area contributed by atoms with Crippen LogP contribution < -0.4 is 10.1 Å². The molecule has 0 saturated carbocycles. The highest BCUT2D eigenvalue weighted by atomic mass is 32.1. The van der Waals surface area contributed by atoms with Crippen molar-refractivity contribution >= 4 is 17.2 Å². The first-order valence-electron chi connectivity index (χ1n) is 11.0. The summed E-state index contributed by atoms with van der Waals surface area (Å²) in [6.45, 7) is 5.23. The number of thiazole rings is 1. The lowest BCUT2D eigenvalue weighted by atomic mass is 10.0. The number of nitrogens with zero attached hydrogens (tertiary/aromatic N) is 2. The van der Waals surface area contributed by atoms with Gasteiger partial charge in [0.15, 0.2) is 0 Å². The monoisotopic (exact) mass is 435 g/mol. The Balaban J connectivity index is 1.26. The number of aromatic nitrogens is 1. The number of likely N-dealkylation sites (tertiary alicyclic amines) is 1. The number of piperidine rings is 1. The Morgan fingerprint density at radius 3 is 2.68 bits per heavy atom. The van der Waals surface area contributed by atoms with Gasteiger partial charge in [0.05, 0.1) is 6.20 Å². The van der Waals surface area contributed by atoms with Crippen LogP contribution in [0.2, 0.25) is 0 Å². The predicted octanol–water partition coefficient (Wildman–Crippen LogP) is 5.60. The molecule has 5 nitrogen and oxygen atoms in total. The standard InChI is InChI=1S/C25H29N3O2S/c1-19-8-5-6-16-28(19)17-7-15-26-24(29)23-18-27-25(31-23)20-11-13-22(14-12-20)30-21-9-3-2-4-10-21/h2-4,9-14,18-19H,5-8,15-17H2,1H3,(H,26,29). The smallest absolute Gasteiger partial charge is 0.263 e. The van der Waals surface area contributed by atoms with Crippen molar-refractivity contribution in [3.63, 3.8) is 0 Å². The number of hydrogen-bond donors (Lipinski definition) is 1. The highest BCUT2D eigenvalue weighted by Crippen LogP contribution is 2.28. The van der Waals surface area contributed by atoms with Gasteiger partial charge in [-0.05, 0) is 69.1 Å². The number of benzene rings is 2. The molecule has 0 radical (unpaired) electrons. The molecular formula is C25H29N3O2S. The van der Waals surface area contributed by atoms with E-state index in [2.05, 4.69) is 22.1 Å². The SMILES string of the molecule is CC1CCCCN1CCCNC(=O)c1cnc(-c2ccc(Oc3ccccc3)cc2)s1. The van der Waals surface area contributed by atoms with Crippen molar-refractivity contribution in [1.29, 1.82) is 0 Å². The third-order valence-corrected chi connectivity index (χ3v) is 6.70. The van der Waals surface area contributed by atoms with Crippen LogP contribution >= 0.6 is 11.3 Å². The van der Waals surface area contributed by atoms with Crippen LogP contribution in [0.5, 0.6) is 11.5 Å². The van der Waals surface area contributed by atoms with Crippen LogP contribution in [0.3, 0.4) is 0 Å². The zero-order valence-electron chi connectivity index (χ0n) is 17.9. The highest BCUT2D eigenvalue weighted by molar-refractivity contribution is 7.16. The van der Waals surface area contributed by atoms with E-state index in [1.165, 1.54) is 37.1 Å². The van der Waals surface area contributed by atoms with E-state index >= 15 is 0 Å². The summed E-state index contributed by atoms with van der Waals surface area (Å²) < 4.78 is 5.83.